The number of fused-ring (bicyclic) bond motifs is 10. The summed E-state index contributed by atoms with van der Waals surface area (Å²) in [5, 5.41) is 9.22. The number of nitrogens with zero attached hydrogens (tertiary/aromatic N) is 1. The number of benzene rings is 8. The van der Waals surface area contributed by atoms with Crippen molar-refractivity contribution in [1.29, 1.82) is 0 Å². The molecule has 0 saturated heterocycles. The minimum Gasteiger partial charge on any atom is -0.456 e. The summed E-state index contributed by atoms with van der Waals surface area (Å²) in [5.41, 5.74) is 9.13. The second-order valence-corrected chi connectivity index (χ2v) is 12.1. The molecule has 47 heavy (non-hydrogen) atoms. The van der Waals surface area contributed by atoms with Crippen molar-refractivity contribution >= 4 is 82.5 Å². The van der Waals surface area contributed by atoms with Crippen molar-refractivity contribution in [3.63, 3.8) is 0 Å². The molecule has 3 nitrogen and oxygen atoms in total. The average Bonchev–Trinajstić information content (AvgIpc) is 3.71. The van der Waals surface area contributed by atoms with Gasteiger partial charge in [-0.15, -0.1) is 0 Å². The van der Waals surface area contributed by atoms with Gasteiger partial charge in [0.2, 0.25) is 0 Å². The quantitative estimate of drug-likeness (QED) is 0.188. The zero-order valence-corrected chi connectivity index (χ0v) is 25.4. The SMILES string of the molecule is c1ccc(-c2cccc(N(c3cccc4c3ccc3ccc5oc6ccccc6c5c34)c3cccc4oc5ccccc5c34)c2)cc1. The molecule has 0 aliphatic carbocycles. The monoisotopic (exact) mass is 601 g/mol. The molecular formula is C44H27NO2. The minimum atomic E-state index is 0.866. The molecule has 2 heterocycles. The van der Waals surface area contributed by atoms with E-state index in [1.165, 1.54) is 21.7 Å². The Kier molecular flexibility index (Phi) is 5.57. The fourth-order valence-electron chi connectivity index (χ4n) is 7.38. The standard InChI is InChI=1S/C44H27NO2/c1-2-11-28(12-3-1)30-13-8-14-31(27-30)45(37-19-10-22-40-43(37)34-15-4-6-20-38(34)46-40)36-18-9-17-33-32(36)25-23-29-24-26-41-44(42(29)33)35-16-5-7-21-39(35)47-41/h1-27H. The molecule has 0 aliphatic rings. The van der Waals surface area contributed by atoms with E-state index in [1.54, 1.807) is 0 Å². The molecule has 0 atom stereocenters. The lowest BCUT2D eigenvalue weighted by molar-refractivity contribution is 0.668. The van der Waals surface area contributed by atoms with Gasteiger partial charge >= 0.3 is 0 Å². The maximum atomic E-state index is 6.40. The molecule has 0 fully saturated rings. The van der Waals surface area contributed by atoms with Crippen LogP contribution in [0.4, 0.5) is 17.1 Å². The summed E-state index contributed by atoms with van der Waals surface area (Å²) in [7, 11) is 0. The lowest BCUT2D eigenvalue weighted by Gasteiger charge is -2.28. The summed E-state index contributed by atoms with van der Waals surface area (Å²) in [5.74, 6) is 0. The number of hydrogen-bond donors (Lipinski definition) is 0. The van der Waals surface area contributed by atoms with Gasteiger partial charge in [-0.1, -0.05) is 115 Å². The molecule has 8 aromatic carbocycles. The van der Waals surface area contributed by atoms with Crippen LogP contribution in [0, 0.1) is 0 Å². The highest BCUT2D eigenvalue weighted by atomic mass is 16.3. The predicted octanol–water partition coefficient (Wildman–Crippen LogP) is 12.9. The molecule has 0 spiro atoms. The third kappa shape index (κ3) is 3.93. The Labute approximate surface area is 270 Å². The zero-order chi connectivity index (χ0) is 30.9. The molecule has 2 aromatic heterocycles. The molecule has 0 bridgehead atoms. The molecule has 0 saturated carbocycles. The van der Waals surface area contributed by atoms with E-state index in [-0.39, 0.29) is 0 Å². The average molecular weight is 602 g/mol. The first-order chi connectivity index (χ1) is 23.3. The number of furan rings is 2. The van der Waals surface area contributed by atoms with E-state index < -0.39 is 0 Å². The van der Waals surface area contributed by atoms with Gasteiger partial charge in [-0.25, -0.2) is 0 Å². The van der Waals surface area contributed by atoms with Gasteiger partial charge < -0.3 is 13.7 Å². The first-order valence-corrected chi connectivity index (χ1v) is 15.9. The Hall–Kier alpha value is -6.32. The number of rotatable bonds is 4. The summed E-state index contributed by atoms with van der Waals surface area (Å²) in [6.45, 7) is 0. The lowest BCUT2D eigenvalue weighted by atomic mass is 9.96. The molecule has 10 aromatic rings. The van der Waals surface area contributed by atoms with Crippen molar-refractivity contribution in [3.8, 4) is 11.1 Å². The largest absolute Gasteiger partial charge is 0.456 e. The highest BCUT2D eigenvalue weighted by Crippen LogP contribution is 2.47. The van der Waals surface area contributed by atoms with Gasteiger partial charge in [0.15, 0.2) is 0 Å². The normalized spacial score (nSPS) is 11.8. The van der Waals surface area contributed by atoms with E-state index in [1.807, 2.05) is 18.2 Å². The van der Waals surface area contributed by atoms with Crippen LogP contribution in [0.2, 0.25) is 0 Å². The van der Waals surface area contributed by atoms with Crippen LogP contribution in [-0.4, -0.2) is 0 Å². The van der Waals surface area contributed by atoms with E-state index in [2.05, 4.69) is 150 Å². The van der Waals surface area contributed by atoms with Crippen molar-refractivity contribution < 1.29 is 8.83 Å². The van der Waals surface area contributed by atoms with Crippen LogP contribution >= 0.6 is 0 Å². The molecule has 220 valence electrons. The smallest absolute Gasteiger partial charge is 0.137 e. The molecule has 0 amide bonds. The van der Waals surface area contributed by atoms with Gasteiger partial charge in [0.25, 0.3) is 0 Å². The second-order valence-electron chi connectivity index (χ2n) is 12.1. The van der Waals surface area contributed by atoms with Gasteiger partial charge in [0.05, 0.1) is 16.8 Å². The fraction of sp³-hybridized carbons (Fsp3) is 0. The van der Waals surface area contributed by atoms with E-state index in [0.29, 0.717) is 0 Å². The highest BCUT2D eigenvalue weighted by Gasteiger charge is 2.22. The first kappa shape index (κ1) is 26.0. The Balaban J connectivity index is 1.31. The zero-order valence-electron chi connectivity index (χ0n) is 25.4. The van der Waals surface area contributed by atoms with Crippen LogP contribution in [-0.2, 0) is 0 Å². The Morgan fingerprint density at radius 3 is 1.77 bits per heavy atom. The lowest BCUT2D eigenvalue weighted by Crippen LogP contribution is -2.11. The topological polar surface area (TPSA) is 29.5 Å². The Morgan fingerprint density at radius 2 is 0.936 bits per heavy atom. The molecule has 0 radical (unpaired) electrons. The van der Waals surface area contributed by atoms with Crippen molar-refractivity contribution in [2.75, 3.05) is 4.90 Å². The van der Waals surface area contributed by atoms with Gasteiger partial charge in [0.1, 0.15) is 22.3 Å². The maximum absolute atomic E-state index is 6.40. The van der Waals surface area contributed by atoms with Crippen LogP contribution in [0.25, 0.3) is 76.5 Å². The van der Waals surface area contributed by atoms with Gasteiger partial charge in [-0.2, -0.15) is 0 Å². The van der Waals surface area contributed by atoms with Gasteiger partial charge in [0, 0.05) is 32.6 Å². The van der Waals surface area contributed by atoms with Gasteiger partial charge in [-0.05, 0) is 70.4 Å². The molecule has 0 unspecified atom stereocenters. The van der Waals surface area contributed by atoms with Crippen molar-refractivity contribution in [3.05, 3.63) is 164 Å². The fourth-order valence-corrected chi connectivity index (χ4v) is 7.38. The van der Waals surface area contributed by atoms with Gasteiger partial charge in [-0.3, -0.25) is 0 Å². The Morgan fingerprint density at radius 1 is 0.340 bits per heavy atom. The van der Waals surface area contributed by atoms with Crippen molar-refractivity contribution in [2.45, 2.75) is 0 Å². The van der Waals surface area contributed by atoms with E-state index in [0.717, 1.165) is 71.9 Å². The van der Waals surface area contributed by atoms with Crippen LogP contribution in [0.5, 0.6) is 0 Å². The first-order valence-electron chi connectivity index (χ1n) is 15.9. The summed E-state index contributed by atoms with van der Waals surface area (Å²) in [6.07, 6.45) is 0. The van der Waals surface area contributed by atoms with E-state index >= 15 is 0 Å². The third-order valence-corrected chi connectivity index (χ3v) is 9.43. The van der Waals surface area contributed by atoms with E-state index in [9.17, 15) is 0 Å². The second kappa shape index (κ2) is 10.1. The summed E-state index contributed by atoms with van der Waals surface area (Å²) in [4.78, 5) is 2.40. The molecule has 3 heteroatoms. The number of anilines is 3. The summed E-state index contributed by atoms with van der Waals surface area (Å²) < 4.78 is 12.7. The third-order valence-electron chi connectivity index (χ3n) is 9.43. The number of para-hydroxylation sites is 2. The van der Waals surface area contributed by atoms with E-state index in [4.69, 9.17) is 8.83 Å². The van der Waals surface area contributed by atoms with Crippen LogP contribution in [0.3, 0.4) is 0 Å². The molecular weight excluding hydrogens is 574 g/mol. The van der Waals surface area contributed by atoms with Crippen LogP contribution in [0.15, 0.2) is 173 Å². The summed E-state index contributed by atoms with van der Waals surface area (Å²) in [6, 6.07) is 57.9. The molecule has 10 rings (SSSR count). The molecule has 0 N–H and O–H groups in total. The van der Waals surface area contributed by atoms with Crippen molar-refractivity contribution in [2.24, 2.45) is 0 Å². The predicted molar refractivity (Wildman–Crippen MR) is 196 cm³/mol. The highest BCUT2D eigenvalue weighted by molar-refractivity contribution is 6.28. The Bertz CT molecular complexity index is 2810. The van der Waals surface area contributed by atoms with Crippen molar-refractivity contribution in [1.82, 2.24) is 0 Å². The number of hydrogen-bond acceptors (Lipinski definition) is 3. The minimum absolute atomic E-state index is 0.866. The molecule has 0 aliphatic heterocycles. The van der Waals surface area contributed by atoms with Crippen LogP contribution < -0.4 is 4.90 Å². The maximum Gasteiger partial charge on any atom is 0.137 e. The van der Waals surface area contributed by atoms with Crippen LogP contribution in [0.1, 0.15) is 0 Å². The summed E-state index contributed by atoms with van der Waals surface area (Å²) >= 11 is 0.